The summed E-state index contributed by atoms with van der Waals surface area (Å²) in [6.07, 6.45) is -0.0644. The maximum Gasteiger partial charge on any atom is 0.416 e. The normalized spacial score (nSPS) is 19.1. The van der Waals surface area contributed by atoms with E-state index in [2.05, 4.69) is 24.1 Å². The molecule has 2 aliphatic rings. The second kappa shape index (κ2) is 9.64. The fraction of sp³-hybridized carbons (Fsp3) is 0.682. The first-order valence-corrected chi connectivity index (χ1v) is 11.1. The molecule has 32 heavy (non-hydrogen) atoms. The quantitative estimate of drug-likeness (QED) is 0.513. The van der Waals surface area contributed by atoms with Crippen LogP contribution in [0.4, 0.5) is 24.5 Å². The molecule has 0 atom stereocenters. The van der Waals surface area contributed by atoms with Crippen molar-refractivity contribution in [1.82, 2.24) is 10.2 Å². The standard InChI is InChI=1S/C22H31F3N4O3/c1-21(2,28-10-4-3-5-11-28)15-26-20(30)16-8-12-27(13-9-16)18-7-6-17(22(23,24)25)14-19(18)29(31)32/h6-7,14,16H,3-5,8-13,15H2,1-2H3,(H,26,30). The Morgan fingerprint density at radius 1 is 1.12 bits per heavy atom. The zero-order valence-corrected chi connectivity index (χ0v) is 18.6. The predicted octanol–water partition coefficient (Wildman–Crippen LogP) is 4.21. The highest BCUT2D eigenvalue weighted by Gasteiger charge is 2.35. The third-order valence-corrected chi connectivity index (χ3v) is 6.61. The number of carbonyl (C=O) groups excluding carboxylic acids is 1. The molecule has 1 aromatic carbocycles. The average Bonchev–Trinajstić information content (AvgIpc) is 2.77. The van der Waals surface area contributed by atoms with E-state index in [1.54, 1.807) is 4.90 Å². The zero-order chi connectivity index (χ0) is 23.5. The lowest BCUT2D eigenvalue weighted by Gasteiger charge is -2.41. The highest BCUT2D eigenvalue weighted by Crippen LogP contribution is 2.37. The van der Waals surface area contributed by atoms with E-state index >= 15 is 0 Å². The largest absolute Gasteiger partial charge is 0.416 e. The van der Waals surface area contributed by atoms with Gasteiger partial charge < -0.3 is 10.2 Å². The Bertz CT molecular complexity index is 830. The number of likely N-dealkylation sites (tertiary alicyclic amines) is 1. The summed E-state index contributed by atoms with van der Waals surface area (Å²) in [5.74, 6) is -0.242. The summed E-state index contributed by atoms with van der Waals surface area (Å²) in [6.45, 7) is 7.63. The summed E-state index contributed by atoms with van der Waals surface area (Å²) < 4.78 is 38.8. The lowest BCUT2D eigenvalue weighted by atomic mass is 9.94. The number of hydrogen-bond acceptors (Lipinski definition) is 5. The number of alkyl halides is 3. The molecular weight excluding hydrogens is 425 g/mol. The van der Waals surface area contributed by atoms with Crippen LogP contribution in [0.2, 0.25) is 0 Å². The van der Waals surface area contributed by atoms with Crippen LogP contribution in [0.5, 0.6) is 0 Å². The second-order valence-corrected chi connectivity index (χ2v) is 9.30. The minimum atomic E-state index is -4.64. The molecule has 1 N–H and O–H groups in total. The molecule has 0 unspecified atom stereocenters. The number of carbonyl (C=O) groups is 1. The molecule has 10 heteroatoms. The Morgan fingerprint density at radius 2 is 1.75 bits per heavy atom. The lowest BCUT2D eigenvalue weighted by molar-refractivity contribution is -0.384. The molecule has 1 aromatic rings. The fourth-order valence-electron chi connectivity index (χ4n) is 4.55. The second-order valence-electron chi connectivity index (χ2n) is 9.30. The summed E-state index contributed by atoms with van der Waals surface area (Å²) in [6, 6.07) is 2.60. The van der Waals surface area contributed by atoms with Gasteiger partial charge in [0.2, 0.25) is 5.91 Å². The number of benzene rings is 1. The number of nitrogens with zero attached hydrogens (tertiary/aromatic N) is 3. The van der Waals surface area contributed by atoms with E-state index in [1.165, 1.54) is 19.3 Å². The number of nitro benzene ring substituents is 1. The van der Waals surface area contributed by atoms with Gasteiger partial charge in [0.25, 0.3) is 5.69 Å². The molecule has 0 radical (unpaired) electrons. The van der Waals surface area contributed by atoms with E-state index in [-0.39, 0.29) is 23.1 Å². The van der Waals surface area contributed by atoms with Crippen molar-refractivity contribution in [3.05, 3.63) is 33.9 Å². The molecule has 0 aliphatic carbocycles. The van der Waals surface area contributed by atoms with Crippen molar-refractivity contribution >= 4 is 17.3 Å². The minimum Gasteiger partial charge on any atom is -0.366 e. The first kappa shape index (κ1) is 24.3. The van der Waals surface area contributed by atoms with Crippen LogP contribution in [-0.4, -0.2) is 54.0 Å². The third-order valence-electron chi connectivity index (χ3n) is 6.61. The van der Waals surface area contributed by atoms with Crippen molar-refractivity contribution in [1.29, 1.82) is 0 Å². The van der Waals surface area contributed by atoms with Gasteiger partial charge in [-0.05, 0) is 64.8 Å². The van der Waals surface area contributed by atoms with Gasteiger partial charge in [-0.25, -0.2) is 0 Å². The number of amides is 1. The minimum absolute atomic E-state index is 0.0309. The molecule has 0 saturated carbocycles. The highest BCUT2D eigenvalue weighted by molar-refractivity contribution is 5.79. The summed E-state index contributed by atoms with van der Waals surface area (Å²) >= 11 is 0. The monoisotopic (exact) mass is 456 g/mol. The number of halogens is 3. The maximum atomic E-state index is 12.9. The molecule has 0 spiro atoms. The van der Waals surface area contributed by atoms with Crippen molar-refractivity contribution in [2.45, 2.75) is 57.7 Å². The summed E-state index contributed by atoms with van der Waals surface area (Å²) in [5.41, 5.74) is -1.57. The Hall–Kier alpha value is -2.36. The predicted molar refractivity (Wildman–Crippen MR) is 116 cm³/mol. The molecule has 0 aromatic heterocycles. The van der Waals surface area contributed by atoms with E-state index in [1.807, 2.05) is 0 Å². The van der Waals surface area contributed by atoms with Crippen molar-refractivity contribution in [2.75, 3.05) is 37.6 Å². The van der Waals surface area contributed by atoms with E-state index in [0.29, 0.717) is 38.5 Å². The average molecular weight is 457 g/mol. The van der Waals surface area contributed by atoms with Crippen LogP contribution in [0.1, 0.15) is 51.5 Å². The number of nitro groups is 1. The van der Waals surface area contributed by atoms with Crippen LogP contribution >= 0.6 is 0 Å². The van der Waals surface area contributed by atoms with Gasteiger partial charge in [0.15, 0.2) is 0 Å². The maximum absolute atomic E-state index is 12.9. The van der Waals surface area contributed by atoms with Gasteiger partial charge >= 0.3 is 6.18 Å². The van der Waals surface area contributed by atoms with Crippen molar-refractivity contribution in [2.24, 2.45) is 5.92 Å². The highest BCUT2D eigenvalue weighted by atomic mass is 19.4. The molecule has 2 aliphatic heterocycles. The van der Waals surface area contributed by atoms with Crippen LogP contribution in [0.3, 0.4) is 0 Å². The smallest absolute Gasteiger partial charge is 0.366 e. The number of hydrogen-bond donors (Lipinski definition) is 1. The molecule has 3 rings (SSSR count). The third kappa shape index (κ3) is 5.70. The molecule has 7 nitrogen and oxygen atoms in total. The Labute approximate surface area is 186 Å². The Balaban J connectivity index is 1.58. The van der Waals surface area contributed by atoms with Crippen LogP contribution in [-0.2, 0) is 11.0 Å². The molecule has 2 heterocycles. The molecular formula is C22H31F3N4O3. The van der Waals surface area contributed by atoms with Gasteiger partial charge in [0.1, 0.15) is 5.69 Å². The van der Waals surface area contributed by atoms with Gasteiger partial charge in [-0.15, -0.1) is 0 Å². The molecule has 178 valence electrons. The first-order chi connectivity index (χ1) is 15.0. The van der Waals surface area contributed by atoms with Crippen LogP contribution in [0.15, 0.2) is 18.2 Å². The van der Waals surface area contributed by atoms with Gasteiger partial charge in [-0.2, -0.15) is 13.2 Å². The van der Waals surface area contributed by atoms with Crippen LogP contribution in [0, 0.1) is 16.0 Å². The molecule has 2 saturated heterocycles. The number of rotatable bonds is 6. The van der Waals surface area contributed by atoms with Crippen LogP contribution in [0.25, 0.3) is 0 Å². The Kier molecular flexibility index (Phi) is 7.32. The van der Waals surface area contributed by atoms with Crippen molar-refractivity contribution in [3.63, 3.8) is 0 Å². The first-order valence-electron chi connectivity index (χ1n) is 11.1. The molecule has 1 amide bonds. The zero-order valence-electron chi connectivity index (χ0n) is 18.6. The van der Waals surface area contributed by atoms with Gasteiger partial charge in [0, 0.05) is 37.2 Å². The van der Waals surface area contributed by atoms with Crippen molar-refractivity contribution < 1.29 is 22.9 Å². The lowest BCUT2D eigenvalue weighted by Crippen LogP contribution is -2.54. The van der Waals surface area contributed by atoms with Gasteiger partial charge in [-0.1, -0.05) is 6.42 Å². The fourth-order valence-corrected chi connectivity index (χ4v) is 4.55. The van der Waals surface area contributed by atoms with Gasteiger partial charge in [-0.3, -0.25) is 19.8 Å². The SMILES string of the molecule is CC(C)(CNC(=O)C1CCN(c2ccc(C(F)(F)F)cc2[N+](=O)[O-])CC1)N1CCCCC1. The summed E-state index contributed by atoms with van der Waals surface area (Å²) in [7, 11) is 0. The van der Waals surface area contributed by atoms with E-state index in [9.17, 15) is 28.1 Å². The summed E-state index contributed by atoms with van der Waals surface area (Å²) in [5, 5.41) is 14.4. The summed E-state index contributed by atoms with van der Waals surface area (Å²) in [4.78, 5) is 27.4. The molecule has 0 bridgehead atoms. The van der Waals surface area contributed by atoms with E-state index in [0.717, 1.165) is 25.2 Å². The number of nitrogens with one attached hydrogen (secondary N) is 1. The van der Waals surface area contributed by atoms with Crippen molar-refractivity contribution in [3.8, 4) is 0 Å². The van der Waals surface area contributed by atoms with Gasteiger partial charge in [0.05, 0.1) is 10.5 Å². The number of piperidine rings is 2. The number of anilines is 1. The van der Waals surface area contributed by atoms with E-state index in [4.69, 9.17) is 0 Å². The Morgan fingerprint density at radius 3 is 2.31 bits per heavy atom. The molecule has 2 fully saturated rings. The van der Waals surface area contributed by atoms with E-state index < -0.39 is 22.4 Å². The van der Waals surface area contributed by atoms with Crippen LogP contribution < -0.4 is 10.2 Å². The topological polar surface area (TPSA) is 78.7 Å².